The van der Waals surface area contributed by atoms with Gasteiger partial charge in [-0.15, -0.1) is 0 Å². The lowest BCUT2D eigenvalue weighted by atomic mass is 10.3. The van der Waals surface area contributed by atoms with Crippen molar-refractivity contribution in [1.29, 1.82) is 0 Å². The summed E-state index contributed by atoms with van der Waals surface area (Å²) in [5, 5.41) is 0.0738. The number of nitrogens with one attached hydrogen (secondary N) is 1. The summed E-state index contributed by atoms with van der Waals surface area (Å²) in [6.07, 6.45) is 1.60. The molecule has 0 radical (unpaired) electrons. The van der Waals surface area contributed by atoms with E-state index in [0.29, 0.717) is 16.8 Å². The van der Waals surface area contributed by atoms with E-state index in [1.165, 1.54) is 6.07 Å². The molecule has 3 rings (SSSR count). The Morgan fingerprint density at radius 3 is 3.00 bits per heavy atom. The Morgan fingerprint density at radius 1 is 1.44 bits per heavy atom. The lowest BCUT2D eigenvalue weighted by Crippen LogP contribution is -1.98. The summed E-state index contributed by atoms with van der Waals surface area (Å²) < 4.78 is 20.9. The highest BCUT2D eigenvalue weighted by atomic mass is 35.5. The van der Waals surface area contributed by atoms with E-state index in [1.807, 2.05) is 10.6 Å². The number of rotatable bonds is 2. The van der Waals surface area contributed by atoms with Crippen molar-refractivity contribution < 1.29 is 8.81 Å². The number of fused-ring (bicyclic) bond motifs is 1. The minimum Gasteiger partial charge on any atom is -0.467 e. The quantitative estimate of drug-likeness (QED) is 0.717. The maximum absolute atomic E-state index is 13.4. The van der Waals surface area contributed by atoms with Crippen LogP contribution in [0.2, 0.25) is 5.02 Å². The highest BCUT2D eigenvalue weighted by Crippen LogP contribution is 2.23. The lowest BCUT2D eigenvalue weighted by molar-refractivity contribution is 0.495. The summed E-state index contributed by atoms with van der Waals surface area (Å²) in [4.78, 5) is 2.95. The van der Waals surface area contributed by atoms with Crippen LogP contribution in [-0.4, -0.2) is 9.55 Å². The van der Waals surface area contributed by atoms with Crippen molar-refractivity contribution in [1.82, 2.24) is 9.55 Å². The fraction of sp³-hybridized carbons (Fsp3) is 0.0833. The van der Waals surface area contributed by atoms with Gasteiger partial charge in [0.1, 0.15) is 11.6 Å². The fourth-order valence-corrected chi connectivity index (χ4v) is 2.30. The number of imidazole rings is 1. The lowest BCUT2D eigenvalue weighted by Gasteiger charge is -2.02. The van der Waals surface area contributed by atoms with E-state index in [0.717, 1.165) is 11.3 Å². The Morgan fingerprint density at radius 2 is 2.28 bits per heavy atom. The molecule has 18 heavy (non-hydrogen) atoms. The summed E-state index contributed by atoms with van der Waals surface area (Å²) in [6.45, 7) is 0.480. The molecule has 0 atom stereocenters. The largest absolute Gasteiger partial charge is 0.467 e. The Bertz CT molecular complexity index is 760. The molecule has 0 aliphatic carbocycles. The van der Waals surface area contributed by atoms with Gasteiger partial charge >= 0.3 is 0 Å². The first-order valence-corrected chi connectivity index (χ1v) is 6.04. The van der Waals surface area contributed by atoms with Crippen LogP contribution in [0.4, 0.5) is 4.39 Å². The van der Waals surface area contributed by atoms with Gasteiger partial charge in [0.05, 0.1) is 28.9 Å². The van der Waals surface area contributed by atoms with Gasteiger partial charge in [0.2, 0.25) is 0 Å². The summed E-state index contributed by atoms with van der Waals surface area (Å²) >= 11 is 11.0. The molecule has 2 aromatic heterocycles. The zero-order valence-electron chi connectivity index (χ0n) is 9.11. The first kappa shape index (κ1) is 11.5. The molecule has 0 saturated heterocycles. The van der Waals surface area contributed by atoms with Gasteiger partial charge in [0.15, 0.2) is 4.77 Å². The van der Waals surface area contributed by atoms with E-state index in [2.05, 4.69) is 4.98 Å². The molecule has 1 N–H and O–H groups in total. The average Bonchev–Trinajstić information content (AvgIpc) is 2.92. The highest BCUT2D eigenvalue weighted by Gasteiger charge is 2.10. The van der Waals surface area contributed by atoms with E-state index in [1.54, 1.807) is 18.4 Å². The number of aromatic amines is 1. The summed E-state index contributed by atoms with van der Waals surface area (Å²) in [5.41, 5.74) is 1.37. The fourth-order valence-electron chi connectivity index (χ4n) is 1.87. The second-order valence-corrected chi connectivity index (χ2v) is 4.67. The molecule has 3 aromatic rings. The molecule has 92 valence electrons. The van der Waals surface area contributed by atoms with Crippen LogP contribution in [0.1, 0.15) is 5.76 Å². The summed E-state index contributed by atoms with van der Waals surface area (Å²) in [6, 6.07) is 6.56. The number of hydrogen-bond acceptors (Lipinski definition) is 2. The summed E-state index contributed by atoms with van der Waals surface area (Å²) in [7, 11) is 0. The van der Waals surface area contributed by atoms with Crippen LogP contribution >= 0.6 is 23.8 Å². The third-order valence-corrected chi connectivity index (χ3v) is 3.32. The molecule has 0 aliphatic heterocycles. The van der Waals surface area contributed by atoms with Crippen LogP contribution < -0.4 is 0 Å². The van der Waals surface area contributed by atoms with E-state index in [9.17, 15) is 4.39 Å². The van der Waals surface area contributed by atoms with E-state index >= 15 is 0 Å². The van der Waals surface area contributed by atoms with Crippen molar-refractivity contribution in [2.45, 2.75) is 6.54 Å². The van der Waals surface area contributed by atoms with Crippen molar-refractivity contribution in [3.8, 4) is 0 Å². The Balaban J connectivity index is 2.19. The minimum atomic E-state index is -0.467. The number of hydrogen-bond donors (Lipinski definition) is 1. The first-order valence-electron chi connectivity index (χ1n) is 5.25. The molecule has 2 heterocycles. The molecule has 0 spiro atoms. The van der Waals surface area contributed by atoms with Crippen LogP contribution in [-0.2, 0) is 6.54 Å². The second kappa shape index (κ2) is 4.26. The van der Waals surface area contributed by atoms with Crippen molar-refractivity contribution in [2.75, 3.05) is 0 Å². The maximum atomic E-state index is 13.4. The van der Waals surface area contributed by atoms with Crippen LogP contribution in [0.15, 0.2) is 34.9 Å². The molecule has 1 aromatic carbocycles. The molecule has 0 fully saturated rings. The van der Waals surface area contributed by atoms with Gasteiger partial charge in [-0.1, -0.05) is 11.6 Å². The van der Waals surface area contributed by atoms with Gasteiger partial charge in [0.25, 0.3) is 0 Å². The number of benzene rings is 1. The van der Waals surface area contributed by atoms with Gasteiger partial charge < -0.3 is 14.0 Å². The second-order valence-electron chi connectivity index (χ2n) is 3.88. The van der Waals surface area contributed by atoms with Crippen LogP contribution in [0, 0.1) is 10.6 Å². The van der Waals surface area contributed by atoms with Crippen LogP contribution in [0.3, 0.4) is 0 Å². The first-order chi connectivity index (χ1) is 8.65. The Kier molecular flexibility index (Phi) is 2.72. The predicted octanol–water partition coefficient (Wildman–Crippen LogP) is 4.13. The molecule has 3 nitrogen and oxygen atoms in total. The molecule has 0 amide bonds. The van der Waals surface area contributed by atoms with Crippen LogP contribution in [0.5, 0.6) is 0 Å². The average molecular weight is 283 g/mol. The molecular weight excluding hydrogens is 275 g/mol. The van der Waals surface area contributed by atoms with Gasteiger partial charge in [-0.3, -0.25) is 0 Å². The smallest absolute Gasteiger partial charge is 0.178 e. The summed E-state index contributed by atoms with van der Waals surface area (Å²) in [5.74, 6) is 0.304. The van der Waals surface area contributed by atoms with Gasteiger partial charge in [-0.2, -0.15) is 0 Å². The topological polar surface area (TPSA) is 33.9 Å². The van der Waals surface area contributed by atoms with Gasteiger partial charge in [-0.25, -0.2) is 4.39 Å². The van der Waals surface area contributed by atoms with Crippen LogP contribution in [0.25, 0.3) is 11.0 Å². The number of H-pyrrole nitrogens is 1. The zero-order valence-corrected chi connectivity index (χ0v) is 10.7. The third kappa shape index (κ3) is 1.85. The number of furan rings is 1. The minimum absolute atomic E-state index is 0.0738. The third-order valence-electron chi connectivity index (χ3n) is 2.71. The number of nitrogens with zero attached hydrogens (tertiary/aromatic N) is 1. The van der Waals surface area contributed by atoms with Gasteiger partial charge in [0, 0.05) is 6.07 Å². The van der Waals surface area contributed by atoms with Gasteiger partial charge in [-0.05, 0) is 30.4 Å². The van der Waals surface area contributed by atoms with E-state index in [-0.39, 0.29) is 5.02 Å². The zero-order chi connectivity index (χ0) is 12.7. The number of halogens is 2. The molecule has 6 heteroatoms. The SMILES string of the molecule is Fc1cc2[nH]c(=S)n(Cc3ccco3)c2cc1Cl. The maximum Gasteiger partial charge on any atom is 0.178 e. The highest BCUT2D eigenvalue weighted by molar-refractivity contribution is 7.71. The van der Waals surface area contributed by atoms with Crippen molar-refractivity contribution in [2.24, 2.45) is 0 Å². The molecule has 0 unspecified atom stereocenters. The molecule has 0 bridgehead atoms. The molecule has 0 saturated carbocycles. The van der Waals surface area contributed by atoms with E-state index < -0.39 is 5.82 Å². The van der Waals surface area contributed by atoms with Crippen molar-refractivity contribution >= 4 is 34.9 Å². The van der Waals surface area contributed by atoms with E-state index in [4.69, 9.17) is 28.2 Å². The van der Waals surface area contributed by atoms with Crippen molar-refractivity contribution in [3.63, 3.8) is 0 Å². The monoisotopic (exact) mass is 282 g/mol. The van der Waals surface area contributed by atoms with Crippen molar-refractivity contribution in [3.05, 3.63) is 51.9 Å². The predicted molar refractivity (Wildman–Crippen MR) is 69.9 cm³/mol. The molecular formula is C12H8ClFN2OS. The Labute approximate surface area is 112 Å². The normalized spacial score (nSPS) is 11.2. The standard InChI is InChI=1S/C12H8ClFN2OS/c13-8-4-11-10(5-9(8)14)15-12(18)16(11)6-7-2-1-3-17-7/h1-5H,6H2,(H,15,18). The molecule has 0 aliphatic rings. The number of aromatic nitrogens is 2. The Hall–Kier alpha value is -1.59.